The third kappa shape index (κ3) is 5.54. The summed E-state index contributed by atoms with van der Waals surface area (Å²) < 4.78 is 2.07. The summed E-state index contributed by atoms with van der Waals surface area (Å²) >= 11 is 1.55. The second-order valence-electron chi connectivity index (χ2n) is 10.2. The fourth-order valence-corrected chi connectivity index (χ4v) is 5.91. The van der Waals surface area contributed by atoms with Crippen molar-refractivity contribution in [3.63, 3.8) is 0 Å². The van der Waals surface area contributed by atoms with Crippen molar-refractivity contribution < 1.29 is 14.7 Å². The maximum Gasteiger partial charge on any atom is 0.255 e. The van der Waals surface area contributed by atoms with Crippen molar-refractivity contribution in [2.24, 2.45) is 0 Å². The highest BCUT2D eigenvalue weighted by atomic mass is 32.1. The monoisotopic (exact) mass is 550 g/mol. The molecule has 0 unspecified atom stereocenters. The number of thiazole rings is 1. The molecule has 0 aliphatic carbocycles. The lowest BCUT2D eigenvalue weighted by Crippen LogP contribution is -2.35. The van der Waals surface area contributed by atoms with Gasteiger partial charge in [-0.2, -0.15) is 0 Å². The Morgan fingerprint density at radius 3 is 2.35 bits per heavy atom. The molecule has 0 radical (unpaired) electrons. The number of carbonyl (C=O) groups is 2. The van der Waals surface area contributed by atoms with Crippen LogP contribution in [0.1, 0.15) is 43.4 Å². The first-order chi connectivity index (χ1) is 19.4. The second-order valence-corrected chi connectivity index (χ2v) is 11.5. The molecule has 3 aromatic carbocycles. The van der Waals surface area contributed by atoms with Gasteiger partial charge in [0.25, 0.3) is 5.91 Å². The van der Waals surface area contributed by atoms with E-state index in [1.165, 1.54) is 0 Å². The summed E-state index contributed by atoms with van der Waals surface area (Å²) in [5.41, 5.74) is 5.02. The van der Waals surface area contributed by atoms with E-state index in [0.717, 1.165) is 63.8 Å². The molecule has 0 atom stereocenters. The number of Topliss-reactive ketones (excluding diaryl/α,β-unsaturated/α-hetero) is 1. The molecule has 7 nitrogen and oxygen atoms in total. The number of aliphatic hydroxyl groups is 1. The van der Waals surface area contributed by atoms with Crippen LogP contribution >= 0.6 is 11.3 Å². The molecular weight excluding hydrogens is 520 g/mol. The predicted molar refractivity (Wildman–Crippen MR) is 160 cm³/mol. The number of hydrogen-bond acceptors (Lipinski definition) is 6. The summed E-state index contributed by atoms with van der Waals surface area (Å²) in [6.45, 7) is 3.63. The fraction of sp³-hybridized carbons (Fsp3) is 0.219. The van der Waals surface area contributed by atoms with Gasteiger partial charge in [0.05, 0.1) is 18.0 Å². The normalized spacial score (nSPS) is 14.0. The quantitative estimate of drug-likeness (QED) is 0.242. The number of nitrogens with zero attached hydrogens (tertiary/aromatic N) is 3. The largest absolute Gasteiger partial charge is 0.393 e. The van der Waals surface area contributed by atoms with Crippen LogP contribution in [0.25, 0.3) is 16.6 Å². The fourth-order valence-electron chi connectivity index (χ4n) is 5.13. The zero-order valence-electron chi connectivity index (χ0n) is 22.2. The number of amides is 1. The van der Waals surface area contributed by atoms with Crippen LogP contribution in [0, 0.1) is 6.92 Å². The maximum atomic E-state index is 12.9. The van der Waals surface area contributed by atoms with Crippen LogP contribution in [0.3, 0.4) is 0 Å². The van der Waals surface area contributed by atoms with Gasteiger partial charge in [-0.1, -0.05) is 0 Å². The molecule has 3 heterocycles. The molecule has 6 rings (SSSR count). The highest BCUT2D eigenvalue weighted by Crippen LogP contribution is 2.26. The number of aliphatic hydroxyl groups excluding tert-OH is 1. The molecule has 0 spiro atoms. The Kier molecular flexibility index (Phi) is 7.19. The lowest BCUT2D eigenvalue weighted by molar-refractivity contribution is 0.0991. The summed E-state index contributed by atoms with van der Waals surface area (Å²) in [5.74, 6) is -0.104. The van der Waals surface area contributed by atoms with Gasteiger partial charge >= 0.3 is 0 Å². The summed E-state index contributed by atoms with van der Waals surface area (Å²) in [4.78, 5) is 33.2. The summed E-state index contributed by atoms with van der Waals surface area (Å²) in [5, 5.41) is 14.6. The van der Waals surface area contributed by atoms with E-state index in [-0.39, 0.29) is 17.8 Å². The van der Waals surface area contributed by atoms with Crippen molar-refractivity contribution in [1.82, 2.24) is 9.55 Å². The van der Waals surface area contributed by atoms with Crippen molar-refractivity contribution in [3.8, 4) is 5.69 Å². The van der Waals surface area contributed by atoms with E-state index in [4.69, 9.17) is 0 Å². The minimum absolute atomic E-state index is 0.0552. The van der Waals surface area contributed by atoms with Crippen molar-refractivity contribution in [1.29, 1.82) is 0 Å². The smallest absolute Gasteiger partial charge is 0.255 e. The van der Waals surface area contributed by atoms with Crippen LogP contribution in [0.2, 0.25) is 0 Å². The first-order valence-corrected chi connectivity index (χ1v) is 14.2. The molecular formula is C32H30N4O3S. The van der Waals surface area contributed by atoms with Crippen molar-refractivity contribution in [2.75, 3.05) is 23.3 Å². The van der Waals surface area contributed by atoms with Gasteiger partial charge in [-0.25, -0.2) is 4.98 Å². The van der Waals surface area contributed by atoms with E-state index in [1.807, 2.05) is 85.9 Å². The number of aryl methyl sites for hydroxylation is 1. The Morgan fingerprint density at radius 1 is 0.950 bits per heavy atom. The van der Waals surface area contributed by atoms with Gasteiger partial charge in [-0.05, 0) is 92.6 Å². The van der Waals surface area contributed by atoms with Crippen LogP contribution in [0.4, 0.5) is 11.4 Å². The third-order valence-corrected chi connectivity index (χ3v) is 8.27. The van der Waals surface area contributed by atoms with Gasteiger partial charge in [0, 0.05) is 63.9 Å². The Balaban J connectivity index is 1.12. The molecule has 1 fully saturated rings. The standard InChI is InChI=1S/C32H30N4O3S/c1-21-20-33-31(40-21)19-30(38)22-2-9-27(10-3-22)36-17-12-24-18-25(6-11-29(24)36)34-32(39)23-4-7-26(8-5-23)35-15-13-28(37)14-16-35/h2-12,17-18,20,28,37H,13-16,19H2,1H3,(H,34,39). The van der Waals surface area contributed by atoms with Crippen LogP contribution in [0.15, 0.2) is 85.2 Å². The number of nitrogens with one attached hydrogen (secondary N) is 1. The Bertz CT molecular complexity index is 1660. The molecule has 2 N–H and O–H groups in total. The number of hydrogen-bond donors (Lipinski definition) is 2. The van der Waals surface area contributed by atoms with E-state index >= 15 is 0 Å². The molecule has 40 heavy (non-hydrogen) atoms. The molecule has 1 saturated heterocycles. The van der Waals surface area contributed by atoms with Gasteiger partial charge in [0.1, 0.15) is 5.01 Å². The highest BCUT2D eigenvalue weighted by molar-refractivity contribution is 7.11. The Morgan fingerprint density at radius 2 is 1.65 bits per heavy atom. The number of carbonyl (C=O) groups excluding carboxylic acids is 2. The van der Waals surface area contributed by atoms with Gasteiger partial charge in [0.15, 0.2) is 5.78 Å². The zero-order chi connectivity index (χ0) is 27.6. The number of fused-ring (bicyclic) bond motifs is 1. The summed E-state index contributed by atoms with van der Waals surface area (Å²) in [6, 6.07) is 23.1. The summed E-state index contributed by atoms with van der Waals surface area (Å²) in [6.07, 6.45) is 5.42. The average Bonchev–Trinajstić information content (AvgIpc) is 3.59. The molecule has 1 aliphatic heterocycles. The van der Waals surface area contributed by atoms with Crippen molar-refractivity contribution in [2.45, 2.75) is 32.3 Å². The average molecular weight is 551 g/mol. The molecule has 5 aromatic rings. The van der Waals surface area contributed by atoms with Gasteiger partial charge in [-0.3, -0.25) is 9.59 Å². The minimum atomic E-state index is -0.212. The molecule has 0 bridgehead atoms. The predicted octanol–water partition coefficient (Wildman–Crippen LogP) is 6.03. The number of ketones is 1. The van der Waals surface area contributed by atoms with Crippen molar-refractivity contribution in [3.05, 3.63) is 106 Å². The summed E-state index contributed by atoms with van der Waals surface area (Å²) in [7, 11) is 0. The van der Waals surface area contributed by atoms with Crippen LogP contribution in [-0.4, -0.2) is 45.5 Å². The number of anilines is 2. The highest BCUT2D eigenvalue weighted by Gasteiger charge is 2.18. The molecule has 202 valence electrons. The topological polar surface area (TPSA) is 87.5 Å². The number of piperidine rings is 1. The molecule has 2 aromatic heterocycles. The van der Waals surface area contributed by atoms with Crippen molar-refractivity contribution >= 4 is 45.3 Å². The van der Waals surface area contributed by atoms with E-state index in [0.29, 0.717) is 17.5 Å². The van der Waals surface area contributed by atoms with Crippen LogP contribution in [-0.2, 0) is 6.42 Å². The molecule has 1 aliphatic rings. The first kappa shape index (κ1) is 26.0. The van der Waals surface area contributed by atoms with E-state index < -0.39 is 0 Å². The van der Waals surface area contributed by atoms with Crippen LogP contribution in [0.5, 0.6) is 0 Å². The lowest BCUT2D eigenvalue weighted by Gasteiger charge is -2.31. The SMILES string of the molecule is Cc1cnc(CC(=O)c2ccc(-n3ccc4cc(NC(=O)c5ccc(N6CCC(O)CC6)cc5)ccc43)cc2)s1. The lowest BCUT2D eigenvalue weighted by atomic mass is 10.1. The molecule has 1 amide bonds. The van der Waals surface area contributed by atoms with E-state index in [2.05, 4.69) is 19.8 Å². The second kappa shape index (κ2) is 11.1. The third-order valence-electron chi connectivity index (χ3n) is 7.36. The Labute approximate surface area is 236 Å². The minimum Gasteiger partial charge on any atom is -0.393 e. The first-order valence-electron chi connectivity index (χ1n) is 13.4. The van der Waals surface area contributed by atoms with Gasteiger partial charge < -0.3 is 19.9 Å². The molecule has 8 heteroatoms. The van der Waals surface area contributed by atoms with E-state index in [1.54, 1.807) is 17.5 Å². The van der Waals surface area contributed by atoms with E-state index in [9.17, 15) is 14.7 Å². The zero-order valence-corrected chi connectivity index (χ0v) is 23.0. The number of rotatable bonds is 7. The number of benzene rings is 3. The van der Waals surface area contributed by atoms with Gasteiger partial charge in [0.2, 0.25) is 0 Å². The maximum absolute atomic E-state index is 12.9. The van der Waals surface area contributed by atoms with Crippen LogP contribution < -0.4 is 10.2 Å². The molecule has 0 saturated carbocycles. The Hall–Kier alpha value is -4.27. The number of aromatic nitrogens is 2. The van der Waals surface area contributed by atoms with Gasteiger partial charge in [-0.15, -0.1) is 11.3 Å².